The highest BCUT2D eigenvalue weighted by Gasteiger charge is 2.35. The van der Waals surface area contributed by atoms with Gasteiger partial charge in [0.1, 0.15) is 6.26 Å². The first-order chi connectivity index (χ1) is 6.62. The van der Waals surface area contributed by atoms with Gasteiger partial charge in [0, 0.05) is 0 Å². The Hall–Kier alpha value is -0.830. The highest BCUT2D eigenvalue weighted by Crippen LogP contribution is 2.36. The molecule has 0 spiro atoms. The molecule has 0 unspecified atom stereocenters. The Morgan fingerprint density at radius 3 is 2.57 bits per heavy atom. The molecule has 2 rings (SSSR count). The van der Waals surface area contributed by atoms with Crippen LogP contribution in [-0.4, -0.2) is 4.98 Å². The van der Waals surface area contributed by atoms with Crippen molar-refractivity contribution in [2.24, 2.45) is 5.73 Å². The van der Waals surface area contributed by atoms with Gasteiger partial charge in [-0.05, 0) is 18.8 Å². The largest absolute Gasteiger partial charge is 0.447 e. The molecule has 1 heterocycles. The summed E-state index contributed by atoms with van der Waals surface area (Å²) in [5, 5.41) is 0. The van der Waals surface area contributed by atoms with E-state index in [1.807, 2.05) is 0 Å². The fourth-order valence-electron chi connectivity index (χ4n) is 2.00. The zero-order chi connectivity index (χ0) is 10.2. The molecule has 14 heavy (non-hydrogen) atoms. The van der Waals surface area contributed by atoms with E-state index in [0.717, 1.165) is 24.4 Å². The Morgan fingerprint density at radius 1 is 1.43 bits per heavy atom. The summed E-state index contributed by atoms with van der Waals surface area (Å²) in [5.74, 6) is 1.15. The second-order valence-corrected chi connectivity index (χ2v) is 4.60. The number of nitrogens with two attached hydrogens (primary N) is 1. The fourth-order valence-corrected chi connectivity index (χ4v) is 2.00. The minimum absolute atomic E-state index is 0.285. The first-order valence-electron chi connectivity index (χ1n) is 5.36. The average molecular weight is 194 g/mol. The quantitative estimate of drug-likeness (QED) is 0.787. The molecule has 1 fully saturated rings. The van der Waals surface area contributed by atoms with Gasteiger partial charge in [0.25, 0.3) is 0 Å². The second-order valence-electron chi connectivity index (χ2n) is 4.60. The van der Waals surface area contributed by atoms with Crippen molar-refractivity contribution in [3.63, 3.8) is 0 Å². The van der Waals surface area contributed by atoms with Gasteiger partial charge < -0.3 is 10.2 Å². The van der Waals surface area contributed by atoms with Crippen LogP contribution < -0.4 is 5.73 Å². The molecule has 0 bridgehead atoms. The Kier molecular flexibility index (Phi) is 2.35. The smallest absolute Gasteiger partial charge is 0.214 e. The maximum absolute atomic E-state index is 6.24. The zero-order valence-corrected chi connectivity index (χ0v) is 8.92. The van der Waals surface area contributed by atoms with Crippen molar-refractivity contribution in [3.8, 4) is 0 Å². The summed E-state index contributed by atoms with van der Waals surface area (Å²) in [5.41, 5.74) is 6.96. The molecule has 0 aliphatic heterocycles. The number of oxazole rings is 1. The van der Waals surface area contributed by atoms with Crippen molar-refractivity contribution in [2.75, 3.05) is 0 Å². The van der Waals surface area contributed by atoms with Crippen molar-refractivity contribution < 1.29 is 4.42 Å². The second kappa shape index (κ2) is 3.39. The summed E-state index contributed by atoms with van der Waals surface area (Å²) in [6.07, 6.45) is 6.13. The molecule has 78 valence electrons. The summed E-state index contributed by atoms with van der Waals surface area (Å²) in [4.78, 5) is 4.47. The van der Waals surface area contributed by atoms with Gasteiger partial charge in [-0.15, -0.1) is 0 Å². The zero-order valence-electron chi connectivity index (χ0n) is 8.92. The van der Waals surface area contributed by atoms with Crippen molar-refractivity contribution in [3.05, 3.63) is 17.8 Å². The third kappa shape index (κ3) is 1.57. The fraction of sp³-hybridized carbons (Fsp3) is 0.727. The first-order valence-corrected chi connectivity index (χ1v) is 5.36. The lowest BCUT2D eigenvalue weighted by atomic mass is 9.99. The van der Waals surface area contributed by atoms with Crippen LogP contribution in [0.3, 0.4) is 0 Å². The van der Waals surface area contributed by atoms with E-state index in [0.29, 0.717) is 5.92 Å². The summed E-state index contributed by atoms with van der Waals surface area (Å²) in [7, 11) is 0. The Bertz CT molecular complexity index is 311. The molecule has 3 nitrogen and oxygen atoms in total. The molecule has 1 aromatic rings. The van der Waals surface area contributed by atoms with Crippen LogP contribution in [0.1, 0.15) is 57.0 Å². The molecular formula is C11H18N2O. The van der Waals surface area contributed by atoms with Crippen LogP contribution in [0.15, 0.2) is 10.7 Å². The van der Waals surface area contributed by atoms with E-state index >= 15 is 0 Å². The van der Waals surface area contributed by atoms with Crippen LogP contribution >= 0.6 is 0 Å². The van der Waals surface area contributed by atoms with Gasteiger partial charge in [-0.3, -0.25) is 0 Å². The third-order valence-electron chi connectivity index (χ3n) is 3.04. The molecule has 1 aliphatic rings. The molecule has 0 amide bonds. The molecule has 0 saturated heterocycles. The van der Waals surface area contributed by atoms with E-state index in [4.69, 9.17) is 10.2 Å². The minimum atomic E-state index is -0.285. The van der Waals surface area contributed by atoms with Gasteiger partial charge in [-0.25, -0.2) is 4.98 Å². The maximum atomic E-state index is 6.24. The predicted molar refractivity (Wildman–Crippen MR) is 54.9 cm³/mol. The Labute approximate surface area is 84.7 Å². The summed E-state index contributed by atoms with van der Waals surface area (Å²) >= 11 is 0. The molecule has 0 atom stereocenters. The summed E-state index contributed by atoms with van der Waals surface area (Å²) in [6.45, 7) is 4.22. The normalized spacial score (nSPS) is 20.6. The number of rotatable bonds is 2. The molecule has 0 aromatic carbocycles. The third-order valence-corrected chi connectivity index (χ3v) is 3.04. The van der Waals surface area contributed by atoms with Crippen molar-refractivity contribution in [1.29, 1.82) is 0 Å². The van der Waals surface area contributed by atoms with Crippen LogP contribution in [-0.2, 0) is 5.54 Å². The van der Waals surface area contributed by atoms with Crippen molar-refractivity contribution in [2.45, 2.75) is 51.0 Å². The molecule has 2 N–H and O–H groups in total. The van der Waals surface area contributed by atoms with Gasteiger partial charge in [0.05, 0.1) is 11.2 Å². The van der Waals surface area contributed by atoms with E-state index in [-0.39, 0.29) is 5.54 Å². The highest BCUT2D eigenvalue weighted by atomic mass is 16.3. The molecule has 1 aliphatic carbocycles. The SMILES string of the molecule is CC(C)c1coc(C2(N)CCCC2)n1. The lowest BCUT2D eigenvalue weighted by molar-refractivity contribution is 0.335. The Balaban J connectivity index is 2.23. The van der Waals surface area contributed by atoms with Gasteiger partial charge in [0.15, 0.2) is 0 Å². The van der Waals surface area contributed by atoms with Crippen LogP contribution in [0.5, 0.6) is 0 Å². The molecule has 1 saturated carbocycles. The molecular weight excluding hydrogens is 176 g/mol. The number of hydrogen-bond acceptors (Lipinski definition) is 3. The monoisotopic (exact) mass is 194 g/mol. The van der Waals surface area contributed by atoms with E-state index in [1.165, 1.54) is 12.8 Å². The van der Waals surface area contributed by atoms with E-state index in [9.17, 15) is 0 Å². The van der Waals surface area contributed by atoms with Crippen molar-refractivity contribution in [1.82, 2.24) is 4.98 Å². The van der Waals surface area contributed by atoms with Crippen LogP contribution in [0.4, 0.5) is 0 Å². The topological polar surface area (TPSA) is 52.0 Å². The maximum Gasteiger partial charge on any atom is 0.214 e. The lowest BCUT2D eigenvalue weighted by Crippen LogP contribution is -2.33. The minimum Gasteiger partial charge on any atom is -0.447 e. The van der Waals surface area contributed by atoms with E-state index < -0.39 is 0 Å². The lowest BCUT2D eigenvalue weighted by Gasteiger charge is -2.18. The van der Waals surface area contributed by atoms with Crippen molar-refractivity contribution >= 4 is 0 Å². The summed E-state index contributed by atoms with van der Waals surface area (Å²) in [6, 6.07) is 0. The van der Waals surface area contributed by atoms with Crippen LogP contribution in [0, 0.1) is 0 Å². The number of nitrogens with zero attached hydrogens (tertiary/aromatic N) is 1. The van der Waals surface area contributed by atoms with Gasteiger partial charge in [0.2, 0.25) is 5.89 Å². The van der Waals surface area contributed by atoms with Gasteiger partial charge in [-0.1, -0.05) is 26.7 Å². The molecule has 1 aromatic heterocycles. The summed E-state index contributed by atoms with van der Waals surface area (Å²) < 4.78 is 5.48. The van der Waals surface area contributed by atoms with Gasteiger partial charge >= 0.3 is 0 Å². The van der Waals surface area contributed by atoms with Crippen LogP contribution in [0.2, 0.25) is 0 Å². The van der Waals surface area contributed by atoms with Gasteiger partial charge in [-0.2, -0.15) is 0 Å². The number of aromatic nitrogens is 1. The van der Waals surface area contributed by atoms with Crippen LogP contribution in [0.25, 0.3) is 0 Å². The predicted octanol–water partition coefficient (Wildman–Crippen LogP) is 2.53. The molecule has 3 heteroatoms. The first kappa shape index (κ1) is 9.71. The molecule has 0 radical (unpaired) electrons. The number of hydrogen-bond donors (Lipinski definition) is 1. The Morgan fingerprint density at radius 2 is 2.07 bits per heavy atom. The standard InChI is InChI=1S/C11H18N2O/c1-8(2)9-7-14-10(13-9)11(12)5-3-4-6-11/h7-8H,3-6,12H2,1-2H3. The highest BCUT2D eigenvalue weighted by molar-refractivity contribution is 5.10. The van der Waals surface area contributed by atoms with E-state index in [1.54, 1.807) is 6.26 Å². The average Bonchev–Trinajstić information content (AvgIpc) is 2.71. The van der Waals surface area contributed by atoms with E-state index in [2.05, 4.69) is 18.8 Å².